The number of nitrogens with zero attached hydrogens (tertiary/aromatic N) is 1. The molecule has 1 amide bonds. The zero-order chi connectivity index (χ0) is 16.2. The SMILES string of the molecule is CC(=O)N[C@H]1CCCN(Cc2ccc(-c3ccc(C)o3)cc2)C1. The molecule has 0 aliphatic carbocycles. The molecule has 0 saturated carbocycles. The minimum absolute atomic E-state index is 0.0648. The molecule has 1 fully saturated rings. The second kappa shape index (κ2) is 7.01. The molecular formula is C19H24N2O2. The first-order valence-electron chi connectivity index (χ1n) is 8.25. The van der Waals surface area contributed by atoms with Gasteiger partial charge >= 0.3 is 0 Å². The number of likely N-dealkylation sites (tertiary alicyclic amines) is 1. The largest absolute Gasteiger partial charge is 0.461 e. The van der Waals surface area contributed by atoms with Crippen LogP contribution in [0.15, 0.2) is 40.8 Å². The average Bonchev–Trinajstić information content (AvgIpc) is 2.94. The summed E-state index contributed by atoms with van der Waals surface area (Å²) >= 11 is 0. The van der Waals surface area contributed by atoms with Crippen LogP contribution in [0.2, 0.25) is 0 Å². The van der Waals surface area contributed by atoms with Gasteiger partial charge in [0.05, 0.1) is 0 Å². The summed E-state index contributed by atoms with van der Waals surface area (Å²) in [5, 5.41) is 3.04. The van der Waals surface area contributed by atoms with Crippen molar-refractivity contribution in [1.29, 1.82) is 0 Å². The highest BCUT2D eigenvalue weighted by Gasteiger charge is 2.20. The second-order valence-corrected chi connectivity index (χ2v) is 6.38. The minimum atomic E-state index is 0.0648. The van der Waals surface area contributed by atoms with Crippen LogP contribution in [0.4, 0.5) is 0 Å². The van der Waals surface area contributed by atoms with Gasteiger partial charge in [-0.1, -0.05) is 24.3 Å². The van der Waals surface area contributed by atoms with E-state index in [0.717, 1.165) is 49.6 Å². The van der Waals surface area contributed by atoms with Gasteiger partial charge in [0, 0.05) is 31.6 Å². The van der Waals surface area contributed by atoms with Crippen molar-refractivity contribution in [1.82, 2.24) is 10.2 Å². The zero-order valence-electron chi connectivity index (χ0n) is 13.8. The van der Waals surface area contributed by atoms with Crippen molar-refractivity contribution < 1.29 is 9.21 Å². The topological polar surface area (TPSA) is 45.5 Å². The first-order valence-corrected chi connectivity index (χ1v) is 8.25. The molecule has 0 unspecified atom stereocenters. The number of carbonyl (C=O) groups is 1. The van der Waals surface area contributed by atoms with E-state index in [1.54, 1.807) is 6.92 Å². The summed E-state index contributed by atoms with van der Waals surface area (Å²) in [6.45, 7) is 6.50. The van der Waals surface area contributed by atoms with Crippen LogP contribution in [-0.4, -0.2) is 29.9 Å². The molecule has 4 nitrogen and oxygen atoms in total. The molecule has 1 aliphatic rings. The predicted octanol–water partition coefficient (Wildman–Crippen LogP) is 3.36. The summed E-state index contributed by atoms with van der Waals surface area (Å²) in [5.74, 6) is 1.91. The van der Waals surface area contributed by atoms with Gasteiger partial charge in [-0.05, 0) is 44.0 Å². The molecule has 1 N–H and O–H groups in total. The normalized spacial score (nSPS) is 18.8. The Morgan fingerprint density at radius 2 is 2.04 bits per heavy atom. The van der Waals surface area contributed by atoms with E-state index in [2.05, 4.69) is 34.5 Å². The second-order valence-electron chi connectivity index (χ2n) is 6.38. The zero-order valence-corrected chi connectivity index (χ0v) is 13.8. The lowest BCUT2D eigenvalue weighted by atomic mass is 10.0. The molecule has 0 radical (unpaired) electrons. The lowest BCUT2D eigenvalue weighted by molar-refractivity contribution is -0.120. The number of hydrogen-bond donors (Lipinski definition) is 1. The fourth-order valence-electron chi connectivity index (χ4n) is 3.23. The van der Waals surface area contributed by atoms with E-state index in [9.17, 15) is 4.79 Å². The Hall–Kier alpha value is -2.07. The number of benzene rings is 1. The molecule has 1 aromatic carbocycles. The van der Waals surface area contributed by atoms with Gasteiger partial charge in [0.1, 0.15) is 11.5 Å². The molecule has 0 spiro atoms. The van der Waals surface area contributed by atoms with E-state index in [1.807, 2.05) is 19.1 Å². The number of hydrogen-bond acceptors (Lipinski definition) is 3. The van der Waals surface area contributed by atoms with Gasteiger partial charge in [0.15, 0.2) is 0 Å². The molecule has 1 aliphatic heterocycles. The van der Waals surface area contributed by atoms with Crippen molar-refractivity contribution in [3.63, 3.8) is 0 Å². The summed E-state index contributed by atoms with van der Waals surface area (Å²) in [7, 11) is 0. The fraction of sp³-hybridized carbons (Fsp3) is 0.421. The molecule has 122 valence electrons. The Morgan fingerprint density at radius 1 is 1.26 bits per heavy atom. The number of nitrogens with one attached hydrogen (secondary N) is 1. The van der Waals surface area contributed by atoms with E-state index < -0.39 is 0 Å². The monoisotopic (exact) mass is 312 g/mol. The van der Waals surface area contributed by atoms with Gasteiger partial charge in [-0.2, -0.15) is 0 Å². The Balaban J connectivity index is 1.60. The van der Waals surface area contributed by atoms with Crippen LogP contribution in [0.25, 0.3) is 11.3 Å². The summed E-state index contributed by atoms with van der Waals surface area (Å²) < 4.78 is 5.66. The van der Waals surface area contributed by atoms with Gasteiger partial charge in [-0.3, -0.25) is 9.69 Å². The third kappa shape index (κ3) is 4.23. The lowest BCUT2D eigenvalue weighted by Crippen LogP contribution is -2.46. The highest BCUT2D eigenvalue weighted by Crippen LogP contribution is 2.23. The molecule has 23 heavy (non-hydrogen) atoms. The van der Waals surface area contributed by atoms with E-state index in [1.165, 1.54) is 5.56 Å². The van der Waals surface area contributed by atoms with Crippen LogP contribution in [0.3, 0.4) is 0 Å². The Morgan fingerprint density at radius 3 is 2.70 bits per heavy atom. The highest BCUT2D eigenvalue weighted by molar-refractivity contribution is 5.73. The van der Waals surface area contributed by atoms with Crippen LogP contribution < -0.4 is 5.32 Å². The standard InChI is InChI=1S/C19H24N2O2/c1-14-5-10-19(23-14)17-8-6-16(7-9-17)12-21-11-3-4-18(13-21)20-15(2)22/h5-10,18H,3-4,11-13H2,1-2H3,(H,20,22)/t18-/m0/s1. The van der Waals surface area contributed by atoms with Gasteiger partial charge in [-0.15, -0.1) is 0 Å². The van der Waals surface area contributed by atoms with Crippen LogP contribution in [0.5, 0.6) is 0 Å². The number of amides is 1. The minimum Gasteiger partial charge on any atom is -0.461 e. The summed E-state index contributed by atoms with van der Waals surface area (Å²) in [4.78, 5) is 13.6. The van der Waals surface area contributed by atoms with Gasteiger partial charge in [0.2, 0.25) is 5.91 Å². The quantitative estimate of drug-likeness (QED) is 0.941. The maximum Gasteiger partial charge on any atom is 0.217 e. The number of aryl methyl sites for hydroxylation is 1. The summed E-state index contributed by atoms with van der Waals surface area (Å²) in [6.07, 6.45) is 2.21. The van der Waals surface area contributed by atoms with Crippen molar-refractivity contribution in [2.75, 3.05) is 13.1 Å². The van der Waals surface area contributed by atoms with Crippen LogP contribution in [0.1, 0.15) is 31.1 Å². The van der Waals surface area contributed by atoms with Crippen molar-refractivity contribution >= 4 is 5.91 Å². The van der Waals surface area contributed by atoms with Gasteiger partial charge < -0.3 is 9.73 Å². The first kappa shape index (κ1) is 15.8. The summed E-state index contributed by atoms with van der Waals surface area (Å²) in [6, 6.07) is 12.8. The molecule has 0 bridgehead atoms. The van der Waals surface area contributed by atoms with Crippen molar-refractivity contribution in [2.24, 2.45) is 0 Å². The fourth-order valence-corrected chi connectivity index (χ4v) is 3.23. The maximum atomic E-state index is 11.2. The molecular weight excluding hydrogens is 288 g/mol. The number of rotatable bonds is 4. The molecule has 1 atom stereocenters. The van der Waals surface area contributed by atoms with E-state index >= 15 is 0 Å². The number of furan rings is 1. The Bertz CT molecular complexity index is 660. The summed E-state index contributed by atoms with van der Waals surface area (Å²) in [5.41, 5.74) is 2.40. The third-order valence-corrected chi connectivity index (χ3v) is 4.30. The lowest BCUT2D eigenvalue weighted by Gasteiger charge is -2.33. The van der Waals surface area contributed by atoms with Crippen LogP contribution in [-0.2, 0) is 11.3 Å². The van der Waals surface area contributed by atoms with Crippen LogP contribution >= 0.6 is 0 Å². The predicted molar refractivity (Wildman–Crippen MR) is 91.0 cm³/mol. The maximum absolute atomic E-state index is 11.2. The van der Waals surface area contributed by atoms with E-state index in [4.69, 9.17) is 4.42 Å². The number of piperidine rings is 1. The molecule has 1 aromatic heterocycles. The molecule has 1 saturated heterocycles. The third-order valence-electron chi connectivity index (χ3n) is 4.30. The molecule has 4 heteroatoms. The Kier molecular flexibility index (Phi) is 4.82. The smallest absolute Gasteiger partial charge is 0.217 e. The molecule has 2 aromatic rings. The van der Waals surface area contributed by atoms with E-state index in [0.29, 0.717) is 0 Å². The number of carbonyl (C=O) groups excluding carboxylic acids is 1. The first-order chi connectivity index (χ1) is 11.1. The van der Waals surface area contributed by atoms with Crippen LogP contribution in [0, 0.1) is 6.92 Å². The van der Waals surface area contributed by atoms with Gasteiger partial charge in [0.25, 0.3) is 0 Å². The van der Waals surface area contributed by atoms with Crippen molar-refractivity contribution in [3.8, 4) is 11.3 Å². The average molecular weight is 312 g/mol. The van der Waals surface area contributed by atoms with Crippen molar-refractivity contribution in [3.05, 3.63) is 47.7 Å². The highest BCUT2D eigenvalue weighted by atomic mass is 16.3. The molecule has 3 rings (SSSR count). The Labute approximate surface area is 137 Å². The van der Waals surface area contributed by atoms with E-state index in [-0.39, 0.29) is 11.9 Å². The van der Waals surface area contributed by atoms with Crippen molar-refractivity contribution in [2.45, 2.75) is 39.3 Å². The molecule has 2 heterocycles. The van der Waals surface area contributed by atoms with Gasteiger partial charge in [-0.25, -0.2) is 0 Å².